The standard InChI is InChI=1S/C23H19BrN4O3/c1-2-31-23(30)18-14-25-28(20-12-9-16-5-3-4-6-19(16)26-20)22(18)27-21(29)13-15-7-10-17(24)11-8-15/h3-12,14H,2,13H2,1H3,(H,27,29). The van der Waals surface area contributed by atoms with Gasteiger partial charge in [-0.1, -0.05) is 46.3 Å². The predicted octanol–water partition coefficient (Wildman–Crippen LogP) is 4.54. The fourth-order valence-corrected chi connectivity index (χ4v) is 3.40. The molecule has 4 rings (SSSR count). The maximum atomic E-state index is 12.8. The number of hydrogen-bond acceptors (Lipinski definition) is 5. The third kappa shape index (κ3) is 4.64. The van der Waals surface area contributed by atoms with E-state index in [0.717, 1.165) is 20.9 Å². The number of aromatic nitrogens is 3. The molecule has 0 fully saturated rings. The Morgan fingerprint density at radius 1 is 1.06 bits per heavy atom. The number of para-hydroxylation sites is 1. The third-order valence-corrected chi connectivity index (χ3v) is 5.13. The number of nitrogens with one attached hydrogen (secondary N) is 1. The lowest BCUT2D eigenvalue weighted by Gasteiger charge is -2.11. The molecule has 7 nitrogen and oxygen atoms in total. The Morgan fingerprint density at radius 3 is 2.61 bits per heavy atom. The molecule has 8 heteroatoms. The molecular formula is C23H19BrN4O3. The molecule has 4 aromatic rings. The number of hydrogen-bond donors (Lipinski definition) is 1. The van der Waals surface area contributed by atoms with Gasteiger partial charge in [0.25, 0.3) is 0 Å². The molecule has 0 atom stereocenters. The molecule has 1 N–H and O–H groups in total. The van der Waals surface area contributed by atoms with Gasteiger partial charge in [-0.2, -0.15) is 9.78 Å². The van der Waals surface area contributed by atoms with E-state index in [1.165, 1.54) is 10.9 Å². The summed E-state index contributed by atoms with van der Waals surface area (Å²) in [5, 5.41) is 8.09. The molecule has 0 saturated carbocycles. The van der Waals surface area contributed by atoms with Crippen LogP contribution in [0.5, 0.6) is 0 Å². The Labute approximate surface area is 187 Å². The van der Waals surface area contributed by atoms with Crippen LogP contribution in [0.2, 0.25) is 0 Å². The fourth-order valence-electron chi connectivity index (χ4n) is 3.14. The molecule has 0 saturated heterocycles. The second-order valence-electron chi connectivity index (χ2n) is 6.75. The molecule has 2 aromatic carbocycles. The molecule has 0 bridgehead atoms. The van der Waals surface area contributed by atoms with Gasteiger partial charge in [-0.15, -0.1) is 0 Å². The van der Waals surface area contributed by atoms with E-state index in [0.29, 0.717) is 5.82 Å². The summed E-state index contributed by atoms with van der Waals surface area (Å²) in [5.74, 6) is -0.138. The number of fused-ring (bicyclic) bond motifs is 1. The van der Waals surface area contributed by atoms with Crippen molar-refractivity contribution in [3.05, 3.63) is 82.5 Å². The average Bonchev–Trinajstić information content (AvgIpc) is 3.18. The van der Waals surface area contributed by atoms with E-state index >= 15 is 0 Å². The van der Waals surface area contributed by atoms with Gasteiger partial charge >= 0.3 is 5.97 Å². The second-order valence-corrected chi connectivity index (χ2v) is 7.67. The third-order valence-electron chi connectivity index (χ3n) is 4.60. The van der Waals surface area contributed by atoms with Crippen LogP contribution in [-0.2, 0) is 16.0 Å². The Morgan fingerprint density at radius 2 is 1.84 bits per heavy atom. The number of rotatable bonds is 6. The smallest absolute Gasteiger partial charge is 0.343 e. The zero-order valence-electron chi connectivity index (χ0n) is 16.7. The molecule has 0 unspecified atom stereocenters. The zero-order chi connectivity index (χ0) is 21.8. The number of halogens is 1. The number of benzene rings is 2. The molecule has 0 aliphatic rings. The van der Waals surface area contributed by atoms with Gasteiger partial charge in [0.1, 0.15) is 5.56 Å². The van der Waals surface area contributed by atoms with Crippen LogP contribution in [0.15, 0.2) is 71.3 Å². The summed E-state index contributed by atoms with van der Waals surface area (Å²) >= 11 is 3.38. The van der Waals surface area contributed by atoms with Crippen molar-refractivity contribution < 1.29 is 14.3 Å². The second kappa shape index (κ2) is 9.09. The Hall–Kier alpha value is -3.52. The van der Waals surface area contributed by atoms with Crippen LogP contribution < -0.4 is 5.32 Å². The van der Waals surface area contributed by atoms with Gasteiger partial charge in [-0.3, -0.25) is 4.79 Å². The predicted molar refractivity (Wildman–Crippen MR) is 121 cm³/mol. The first-order chi connectivity index (χ1) is 15.0. The van der Waals surface area contributed by atoms with Crippen molar-refractivity contribution in [2.24, 2.45) is 0 Å². The highest BCUT2D eigenvalue weighted by molar-refractivity contribution is 9.10. The molecule has 1 amide bonds. The van der Waals surface area contributed by atoms with E-state index in [-0.39, 0.29) is 30.3 Å². The summed E-state index contributed by atoms with van der Waals surface area (Å²) in [4.78, 5) is 29.8. The van der Waals surface area contributed by atoms with Crippen molar-refractivity contribution in [1.82, 2.24) is 14.8 Å². The molecular weight excluding hydrogens is 460 g/mol. The topological polar surface area (TPSA) is 86.1 Å². The molecule has 2 aromatic heterocycles. The maximum Gasteiger partial charge on any atom is 0.343 e. The van der Waals surface area contributed by atoms with Crippen molar-refractivity contribution >= 4 is 44.5 Å². The molecule has 0 spiro atoms. The highest BCUT2D eigenvalue weighted by atomic mass is 79.9. The van der Waals surface area contributed by atoms with Crippen molar-refractivity contribution in [3.8, 4) is 5.82 Å². The molecule has 31 heavy (non-hydrogen) atoms. The van der Waals surface area contributed by atoms with Gasteiger partial charge in [0.05, 0.1) is 24.7 Å². The lowest BCUT2D eigenvalue weighted by Crippen LogP contribution is -2.20. The van der Waals surface area contributed by atoms with Crippen LogP contribution in [0.25, 0.3) is 16.7 Å². The summed E-state index contributed by atoms with van der Waals surface area (Å²) in [5.41, 5.74) is 1.79. The molecule has 0 aliphatic heterocycles. The molecule has 2 heterocycles. The van der Waals surface area contributed by atoms with Gasteiger partial charge in [0.2, 0.25) is 5.91 Å². The summed E-state index contributed by atoms with van der Waals surface area (Å²) in [7, 11) is 0. The Kier molecular flexibility index (Phi) is 6.08. The van der Waals surface area contributed by atoms with Gasteiger partial charge < -0.3 is 10.1 Å². The van der Waals surface area contributed by atoms with Crippen LogP contribution in [0.3, 0.4) is 0 Å². The number of pyridine rings is 1. The largest absolute Gasteiger partial charge is 0.462 e. The minimum Gasteiger partial charge on any atom is -0.462 e. The SMILES string of the molecule is CCOC(=O)c1cnn(-c2ccc3ccccc3n2)c1NC(=O)Cc1ccc(Br)cc1. The van der Waals surface area contributed by atoms with Gasteiger partial charge in [-0.05, 0) is 42.8 Å². The molecule has 156 valence electrons. The Balaban J connectivity index is 1.69. The van der Waals surface area contributed by atoms with Crippen molar-refractivity contribution in [3.63, 3.8) is 0 Å². The van der Waals surface area contributed by atoms with Crippen LogP contribution in [0, 0.1) is 0 Å². The molecule has 0 aliphatic carbocycles. The normalized spacial score (nSPS) is 10.8. The summed E-state index contributed by atoms with van der Waals surface area (Å²) < 4.78 is 7.51. The van der Waals surface area contributed by atoms with E-state index in [9.17, 15) is 9.59 Å². The van der Waals surface area contributed by atoms with Crippen LogP contribution in [-0.4, -0.2) is 33.2 Å². The van der Waals surface area contributed by atoms with Crippen LogP contribution in [0.1, 0.15) is 22.8 Å². The highest BCUT2D eigenvalue weighted by Gasteiger charge is 2.22. The van der Waals surface area contributed by atoms with E-state index in [1.54, 1.807) is 13.0 Å². The Bertz CT molecular complexity index is 1250. The zero-order valence-corrected chi connectivity index (χ0v) is 18.3. The van der Waals surface area contributed by atoms with Crippen molar-refractivity contribution in [2.45, 2.75) is 13.3 Å². The van der Waals surface area contributed by atoms with E-state index < -0.39 is 5.97 Å². The molecule has 0 radical (unpaired) electrons. The first-order valence-corrected chi connectivity index (χ1v) is 10.5. The summed E-state index contributed by atoms with van der Waals surface area (Å²) in [6.45, 7) is 1.93. The maximum absolute atomic E-state index is 12.8. The van der Waals surface area contributed by atoms with E-state index in [4.69, 9.17) is 4.74 Å². The first-order valence-electron chi connectivity index (χ1n) is 9.70. The number of ether oxygens (including phenoxy) is 1. The number of carbonyl (C=O) groups is 2. The van der Waals surface area contributed by atoms with Crippen molar-refractivity contribution in [1.29, 1.82) is 0 Å². The van der Waals surface area contributed by atoms with Crippen molar-refractivity contribution in [2.75, 3.05) is 11.9 Å². The lowest BCUT2D eigenvalue weighted by atomic mass is 10.1. The number of anilines is 1. The summed E-state index contributed by atoms with van der Waals surface area (Å²) in [6, 6.07) is 18.8. The van der Waals surface area contributed by atoms with Gasteiger partial charge in [0, 0.05) is 9.86 Å². The van der Waals surface area contributed by atoms with E-state index in [1.807, 2.05) is 54.6 Å². The number of nitrogens with zero attached hydrogens (tertiary/aromatic N) is 3. The highest BCUT2D eigenvalue weighted by Crippen LogP contribution is 2.23. The average molecular weight is 479 g/mol. The fraction of sp³-hybridized carbons (Fsp3) is 0.130. The number of esters is 1. The van der Waals surface area contributed by atoms with Crippen LogP contribution in [0.4, 0.5) is 5.82 Å². The first kappa shape index (κ1) is 20.7. The monoisotopic (exact) mass is 478 g/mol. The van der Waals surface area contributed by atoms with E-state index in [2.05, 4.69) is 31.3 Å². The number of carbonyl (C=O) groups excluding carboxylic acids is 2. The lowest BCUT2D eigenvalue weighted by molar-refractivity contribution is -0.115. The quantitative estimate of drug-likeness (QED) is 0.411. The van der Waals surface area contributed by atoms with Gasteiger partial charge in [-0.25, -0.2) is 9.78 Å². The minimum absolute atomic E-state index is 0.145. The minimum atomic E-state index is -0.562. The summed E-state index contributed by atoms with van der Waals surface area (Å²) in [6.07, 6.45) is 1.52. The number of amides is 1. The van der Waals surface area contributed by atoms with Crippen LogP contribution >= 0.6 is 15.9 Å². The van der Waals surface area contributed by atoms with Gasteiger partial charge in [0.15, 0.2) is 11.6 Å².